The Hall–Kier alpha value is -7.66. The van der Waals surface area contributed by atoms with Crippen molar-refractivity contribution >= 4 is 47.5 Å². The molecule has 4 amide bonds. The van der Waals surface area contributed by atoms with Crippen molar-refractivity contribution in [1.29, 1.82) is 0 Å². The minimum atomic E-state index is -2.73. The lowest BCUT2D eigenvalue weighted by atomic mass is 9.79. The molecule has 0 bridgehead atoms. The number of benzene rings is 2. The molecule has 3 fully saturated rings. The number of ether oxygens (including phenoxy) is 4. The Bertz CT molecular complexity index is 3210. The molecule has 4 aromatic rings. The molecule has 2 aliphatic carbocycles. The van der Waals surface area contributed by atoms with E-state index in [-0.39, 0.29) is 106 Å². The third-order valence-electron chi connectivity index (χ3n) is 17.5. The molecule has 0 radical (unpaired) electrons. The van der Waals surface area contributed by atoms with Crippen molar-refractivity contribution < 1.29 is 74.9 Å². The SMILES string of the molecule is CC(C)C[C@H]1C(=O)O[C@H](Cc2ccc(Cn3nccc3C3CC(F)(F)C3)cc2)C(=O)N(C)[C@@H](CC(C)C)C(=O)O[C@H](C)C(=O)N(C)[C@@H](CC(C)C)C(=O)O[C@H](Cc2ccc(Cn3ccc(C4CC(F)(F)C4)n3)cc2)C(=O)N(C)[C@@H](CC(C)C)C(=O)O[C@H](C)C(=O)N1C. The molecular formula is C68H92F4N8O12. The summed E-state index contributed by atoms with van der Waals surface area (Å²) in [5.74, 6) is -14.2. The lowest BCUT2D eigenvalue weighted by Crippen LogP contribution is -2.55. The van der Waals surface area contributed by atoms with Crippen molar-refractivity contribution in [3.8, 4) is 0 Å². The third-order valence-corrected chi connectivity index (χ3v) is 17.5. The molecule has 504 valence electrons. The van der Waals surface area contributed by atoms with Crippen LogP contribution >= 0.6 is 0 Å². The topological polar surface area (TPSA) is 222 Å². The quantitative estimate of drug-likeness (QED) is 0.0515. The highest BCUT2D eigenvalue weighted by molar-refractivity contribution is 5.94. The van der Waals surface area contributed by atoms with E-state index in [0.717, 1.165) is 30.7 Å². The number of hydrogen-bond donors (Lipinski definition) is 0. The number of carbonyl (C=O) groups excluding carboxylic acids is 8. The molecule has 24 heteroatoms. The summed E-state index contributed by atoms with van der Waals surface area (Å²) in [7, 11) is 5.40. The fraction of sp³-hybridized carbons (Fsp3) is 0.618. The smallest absolute Gasteiger partial charge is 0.329 e. The Balaban J connectivity index is 1.22. The summed E-state index contributed by atoms with van der Waals surface area (Å²) in [4.78, 5) is 123. The molecule has 3 aliphatic rings. The molecule has 1 saturated heterocycles. The van der Waals surface area contributed by atoms with E-state index < -0.39 is 108 Å². The van der Waals surface area contributed by atoms with E-state index in [1.165, 1.54) is 42.0 Å². The summed E-state index contributed by atoms with van der Waals surface area (Å²) < 4.78 is 82.6. The van der Waals surface area contributed by atoms with Gasteiger partial charge in [0, 0.05) is 96.6 Å². The number of amides is 4. The van der Waals surface area contributed by atoms with Crippen LogP contribution in [0.4, 0.5) is 17.6 Å². The number of esters is 4. The average molecular weight is 1290 g/mol. The summed E-state index contributed by atoms with van der Waals surface area (Å²) >= 11 is 0. The Morgan fingerprint density at radius 2 is 0.793 bits per heavy atom. The van der Waals surface area contributed by atoms with Gasteiger partial charge in [-0.1, -0.05) is 104 Å². The Kier molecular flexibility index (Phi) is 23.7. The molecule has 2 aromatic heterocycles. The predicted molar refractivity (Wildman–Crippen MR) is 332 cm³/mol. The third kappa shape index (κ3) is 18.6. The molecule has 2 saturated carbocycles. The maximum atomic E-state index is 15.1. The molecular weight excluding hydrogens is 1200 g/mol. The lowest BCUT2D eigenvalue weighted by Gasteiger charge is -2.35. The van der Waals surface area contributed by atoms with Crippen LogP contribution in [0.2, 0.25) is 0 Å². The molecule has 1 aliphatic heterocycles. The number of carbonyl (C=O) groups is 8. The van der Waals surface area contributed by atoms with E-state index in [9.17, 15) is 46.3 Å². The first-order valence-corrected chi connectivity index (χ1v) is 32.0. The molecule has 3 heterocycles. The van der Waals surface area contributed by atoms with Gasteiger partial charge in [-0.15, -0.1) is 0 Å². The average Bonchev–Trinajstić information content (AvgIpc) is 1.46. The zero-order valence-corrected chi connectivity index (χ0v) is 55.5. The van der Waals surface area contributed by atoms with Crippen molar-refractivity contribution in [3.63, 3.8) is 0 Å². The Morgan fingerprint density at radius 1 is 0.457 bits per heavy atom. The van der Waals surface area contributed by atoms with E-state index >= 15 is 9.59 Å². The van der Waals surface area contributed by atoms with E-state index in [1.54, 1.807) is 82.4 Å². The number of alkyl halides is 4. The van der Waals surface area contributed by atoms with Gasteiger partial charge in [0.2, 0.25) is 11.8 Å². The Morgan fingerprint density at radius 3 is 1.16 bits per heavy atom. The van der Waals surface area contributed by atoms with Gasteiger partial charge in [-0.05, 0) is 97.6 Å². The molecule has 8 atom stereocenters. The maximum absolute atomic E-state index is 15.1. The van der Waals surface area contributed by atoms with Gasteiger partial charge in [-0.25, -0.2) is 36.7 Å². The van der Waals surface area contributed by atoms with Crippen LogP contribution in [0.3, 0.4) is 0 Å². The number of halogens is 4. The summed E-state index contributed by atoms with van der Waals surface area (Å²) in [6.45, 7) is 17.7. The minimum Gasteiger partial charge on any atom is -0.451 e. The van der Waals surface area contributed by atoms with Crippen LogP contribution in [0.15, 0.2) is 73.1 Å². The molecule has 92 heavy (non-hydrogen) atoms. The second-order valence-corrected chi connectivity index (χ2v) is 27.2. The number of cyclic esters (lactones) is 4. The van der Waals surface area contributed by atoms with E-state index in [1.807, 2.05) is 55.4 Å². The van der Waals surface area contributed by atoms with E-state index in [0.29, 0.717) is 29.1 Å². The zero-order valence-electron chi connectivity index (χ0n) is 55.5. The number of aromatic nitrogens is 4. The molecule has 2 aromatic carbocycles. The van der Waals surface area contributed by atoms with Gasteiger partial charge in [0.1, 0.15) is 24.2 Å². The van der Waals surface area contributed by atoms with Gasteiger partial charge in [0.05, 0.1) is 18.8 Å². The molecule has 0 N–H and O–H groups in total. The zero-order chi connectivity index (χ0) is 67.8. The van der Waals surface area contributed by atoms with Crippen molar-refractivity contribution in [2.45, 2.75) is 219 Å². The van der Waals surface area contributed by atoms with Crippen molar-refractivity contribution in [3.05, 3.63) is 107 Å². The highest BCUT2D eigenvalue weighted by atomic mass is 19.3. The highest BCUT2D eigenvalue weighted by Crippen LogP contribution is 2.49. The van der Waals surface area contributed by atoms with Crippen LogP contribution in [-0.4, -0.2) is 175 Å². The van der Waals surface area contributed by atoms with Crippen LogP contribution in [0.5, 0.6) is 0 Å². The monoisotopic (exact) mass is 1290 g/mol. The first-order chi connectivity index (χ1) is 43.1. The first kappa shape index (κ1) is 71.8. The minimum absolute atomic E-state index is 0.0229. The fourth-order valence-electron chi connectivity index (χ4n) is 12.1. The van der Waals surface area contributed by atoms with Gasteiger partial charge in [-0.2, -0.15) is 10.2 Å². The fourth-order valence-corrected chi connectivity index (χ4v) is 12.1. The number of nitrogens with zero attached hydrogens (tertiary/aromatic N) is 8. The van der Waals surface area contributed by atoms with Crippen LogP contribution in [0.1, 0.15) is 166 Å². The molecule has 7 rings (SSSR count). The van der Waals surface area contributed by atoms with Gasteiger partial charge >= 0.3 is 23.9 Å². The summed E-state index contributed by atoms with van der Waals surface area (Å²) in [6, 6.07) is 12.0. The largest absolute Gasteiger partial charge is 0.451 e. The number of hydrogen-bond acceptors (Lipinski definition) is 14. The van der Waals surface area contributed by atoms with E-state index in [2.05, 4.69) is 10.2 Å². The molecule has 0 spiro atoms. The van der Waals surface area contributed by atoms with Gasteiger partial charge < -0.3 is 38.5 Å². The Labute approximate surface area is 536 Å². The van der Waals surface area contributed by atoms with Gasteiger partial charge in [0.15, 0.2) is 24.4 Å². The van der Waals surface area contributed by atoms with Crippen LogP contribution < -0.4 is 0 Å². The standard InChI is InChI=1S/C68H92F4N8O12/c1-39(2)27-53-63(85)89-44(10)60(82)76(12)56(30-42(7)8)66(88)92-58(32-46-17-21-48(22-18-46)38-80-52(23-25-73-80)50-35-68(71,72)36-50)62(84)78(14)54(28-40(3)4)64(86)90-43(9)59(81)75(11)55(29-41(5)6)65(87)91-57(61(83)77(53)13)31-45-15-19-47(20-16-45)37-79-26-24-51(74-79)49-33-67(69,70)34-49/h15-26,39-44,49-50,53-58H,27-38H2,1-14H3/t43-,44-,53+,54+,55+,56+,57-,58-/m1/s1. The van der Waals surface area contributed by atoms with Gasteiger partial charge in [-0.3, -0.25) is 28.5 Å². The van der Waals surface area contributed by atoms with Crippen LogP contribution in [-0.2, 0) is 83.2 Å². The normalized spacial score (nSPS) is 24.8. The van der Waals surface area contributed by atoms with Gasteiger partial charge in [0.25, 0.3) is 23.6 Å². The second kappa shape index (κ2) is 30.4. The summed E-state index contributed by atoms with van der Waals surface area (Å²) in [5, 5.41) is 8.90. The van der Waals surface area contributed by atoms with Crippen molar-refractivity contribution in [2.75, 3.05) is 28.2 Å². The molecule has 0 unspecified atom stereocenters. The van der Waals surface area contributed by atoms with E-state index in [4.69, 9.17) is 18.9 Å². The summed E-state index contributed by atoms with van der Waals surface area (Å²) in [6.07, 6.45) is -4.46. The summed E-state index contributed by atoms with van der Waals surface area (Å²) in [5.41, 5.74) is 3.85. The first-order valence-electron chi connectivity index (χ1n) is 32.0. The number of rotatable bonds is 18. The number of likely N-dealkylation sites (N-methyl/N-ethyl adjacent to an activating group) is 4. The predicted octanol–water partition coefficient (Wildman–Crippen LogP) is 9.18. The second-order valence-electron chi connectivity index (χ2n) is 27.2. The maximum Gasteiger partial charge on any atom is 0.329 e. The van der Waals surface area contributed by atoms with Crippen LogP contribution in [0.25, 0.3) is 0 Å². The van der Waals surface area contributed by atoms with Crippen molar-refractivity contribution in [1.82, 2.24) is 39.2 Å². The lowest BCUT2D eigenvalue weighted by molar-refractivity contribution is -0.176. The van der Waals surface area contributed by atoms with Crippen molar-refractivity contribution in [2.24, 2.45) is 23.7 Å². The highest BCUT2D eigenvalue weighted by Gasteiger charge is 2.49. The van der Waals surface area contributed by atoms with Crippen LogP contribution in [0, 0.1) is 23.7 Å². The molecule has 20 nitrogen and oxygen atoms in total.